The van der Waals surface area contributed by atoms with Crippen molar-refractivity contribution in [1.82, 2.24) is 0 Å². The van der Waals surface area contributed by atoms with Crippen LogP contribution in [0.1, 0.15) is 11.1 Å². The first-order chi connectivity index (χ1) is 7.95. The lowest BCUT2D eigenvalue weighted by Crippen LogP contribution is -2.41. The van der Waals surface area contributed by atoms with Gasteiger partial charge in [0.1, 0.15) is 0 Å². The molecule has 1 aliphatic rings. The van der Waals surface area contributed by atoms with Gasteiger partial charge in [0, 0.05) is 5.56 Å². The molecule has 0 saturated carbocycles. The number of benzene rings is 1. The van der Waals surface area contributed by atoms with Gasteiger partial charge < -0.3 is 5.21 Å². The van der Waals surface area contributed by atoms with Gasteiger partial charge in [-0.3, -0.25) is 9.35 Å². The second kappa shape index (κ2) is 3.94. The Balaban J connectivity index is 2.62. The lowest BCUT2D eigenvalue weighted by molar-refractivity contribution is -0.112. The predicted octanol–water partition coefficient (Wildman–Crippen LogP) is 0.246. The standard InChI is InChI=1S/C10H9NO5S/c12-10-8(17(14,15)16)5-6-3-1-2-4-7(6)9(10)11-13/h1-4,8,13H,5H2,(H,14,15,16). The maximum absolute atomic E-state index is 11.7. The van der Waals surface area contributed by atoms with E-state index in [2.05, 4.69) is 5.16 Å². The van der Waals surface area contributed by atoms with Crippen LogP contribution in [0.3, 0.4) is 0 Å². The van der Waals surface area contributed by atoms with E-state index in [9.17, 15) is 13.2 Å². The number of carbonyl (C=O) groups is 1. The maximum atomic E-state index is 11.7. The van der Waals surface area contributed by atoms with Gasteiger partial charge in [-0.15, -0.1) is 0 Å². The van der Waals surface area contributed by atoms with Gasteiger partial charge in [-0.05, 0) is 12.0 Å². The van der Waals surface area contributed by atoms with Crippen LogP contribution in [0.5, 0.6) is 0 Å². The quantitative estimate of drug-likeness (QED) is 0.425. The molecule has 0 aromatic heterocycles. The lowest BCUT2D eigenvalue weighted by Gasteiger charge is -2.21. The molecule has 0 saturated heterocycles. The molecular weight excluding hydrogens is 246 g/mol. The fourth-order valence-corrected chi connectivity index (χ4v) is 2.62. The summed E-state index contributed by atoms with van der Waals surface area (Å²) in [7, 11) is -4.50. The molecule has 1 aliphatic carbocycles. The normalized spacial score (nSPS) is 22.5. The fraction of sp³-hybridized carbons (Fsp3) is 0.200. The summed E-state index contributed by atoms with van der Waals surface area (Å²) in [6.45, 7) is 0. The van der Waals surface area contributed by atoms with E-state index in [-0.39, 0.29) is 12.1 Å². The van der Waals surface area contributed by atoms with Gasteiger partial charge in [-0.2, -0.15) is 8.42 Å². The monoisotopic (exact) mass is 255 g/mol. The van der Waals surface area contributed by atoms with Crippen LogP contribution >= 0.6 is 0 Å². The zero-order valence-corrected chi connectivity index (χ0v) is 9.38. The largest absolute Gasteiger partial charge is 0.410 e. The van der Waals surface area contributed by atoms with Crippen LogP contribution < -0.4 is 0 Å². The summed E-state index contributed by atoms with van der Waals surface area (Å²) in [6, 6.07) is 6.49. The third-order valence-electron chi connectivity index (χ3n) is 2.66. The molecule has 0 bridgehead atoms. The van der Waals surface area contributed by atoms with E-state index >= 15 is 0 Å². The highest BCUT2D eigenvalue weighted by Gasteiger charge is 2.39. The molecule has 0 spiro atoms. The van der Waals surface area contributed by atoms with Crippen molar-refractivity contribution in [3.63, 3.8) is 0 Å². The Labute approximate surface area is 97.3 Å². The van der Waals surface area contributed by atoms with Crippen molar-refractivity contribution in [3.8, 4) is 0 Å². The van der Waals surface area contributed by atoms with E-state index in [1.54, 1.807) is 24.3 Å². The molecule has 0 amide bonds. The summed E-state index contributed by atoms with van der Waals surface area (Å²) in [6.07, 6.45) is -0.118. The van der Waals surface area contributed by atoms with Crippen LogP contribution in [0.2, 0.25) is 0 Å². The number of fused-ring (bicyclic) bond motifs is 1. The maximum Gasteiger partial charge on any atom is 0.275 e. The van der Waals surface area contributed by atoms with Crippen LogP contribution in [-0.4, -0.2) is 34.9 Å². The first-order valence-corrected chi connectivity index (χ1v) is 6.26. The average Bonchev–Trinajstić information content (AvgIpc) is 2.27. The van der Waals surface area contributed by atoms with Crippen molar-refractivity contribution in [2.75, 3.05) is 0 Å². The van der Waals surface area contributed by atoms with Crippen molar-refractivity contribution in [3.05, 3.63) is 35.4 Å². The predicted molar refractivity (Wildman–Crippen MR) is 58.8 cm³/mol. The molecule has 7 heteroatoms. The molecule has 1 aromatic rings. The summed E-state index contributed by atoms with van der Waals surface area (Å²) in [5, 5.41) is 10.0. The van der Waals surface area contributed by atoms with Gasteiger partial charge in [0.05, 0.1) is 0 Å². The molecule has 6 nitrogen and oxygen atoms in total. The summed E-state index contributed by atoms with van der Waals surface area (Å²) in [5.41, 5.74) is 0.594. The van der Waals surface area contributed by atoms with Crippen LogP contribution in [0.15, 0.2) is 29.4 Å². The highest BCUT2D eigenvalue weighted by molar-refractivity contribution is 7.87. The third kappa shape index (κ3) is 1.94. The van der Waals surface area contributed by atoms with Gasteiger partial charge in [0.15, 0.2) is 11.0 Å². The summed E-state index contributed by atoms with van der Waals surface area (Å²) in [5.74, 6) is -0.895. The van der Waals surface area contributed by atoms with Crippen molar-refractivity contribution in [2.24, 2.45) is 5.16 Å². The number of Topliss-reactive ketones (excluding diaryl/α,β-unsaturated/α-hetero) is 1. The van der Waals surface area contributed by atoms with E-state index in [4.69, 9.17) is 9.76 Å². The first-order valence-electron chi connectivity index (χ1n) is 4.76. The first kappa shape index (κ1) is 11.7. The Bertz CT molecular complexity index is 605. The third-order valence-corrected chi connectivity index (χ3v) is 3.76. The van der Waals surface area contributed by atoms with E-state index in [0.717, 1.165) is 0 Å². The van der Waals surface area contributed by atoms with Crippen LogP contribution in [-0.2, 0) is 21.3 Å². The van der Waals surface area contributed by atoms with Gasteiger partial charge >= 0.3 is 0 Å². The van der Waals surface area contributed by atoms with Gasteiger partial charge in [0.2, 0.25) is 5.78 Å². The molecule has 1 unspecified atom stereocenters. The van der Waals surface area contributed by atoms with Crippen molar-refractivity contribution in [2.45, 2.75) is 11.7 Å². The number of ketones is 1. The molecule has 0 fully saturated rings. The van der Waals surface area contributed by atoms with Crippen LogP contribution in [0.25, 0.3) is 0 Å². The topological polar surface area (TPSA) is 104 Å². The van der Waals surface area contributed by atoms with Crippen molar-refractivity contribution >= 4 is 21.6 Å². The van der Waals surface area contributed by atoms with Gasteiger partial charge in [-0.1, -0.05) is 29.4 Å². The number of oxime groups is 1. The molecule has 17 heavy (non-hydrogen) atoms. The Hall–Kier alpha value is -1.73. The number of carbonyl (C=O) groups excluding carboxylic acids is 1. The number of nitrogens with zero attached hydrogens (tertiary/aromatic N) is 1. The van der Waals surface area contributed by atoms with Gasteiger partial charge in [0.25, 0.3) is 10.1 Å². The van der Waals surface area contributed by atoms with E-state index in [1.807, 2.05) is 0 Å². The second-order valence-corrected chi connectivity index (χ2v) is 5.28. The van der Waals surface area contributed by atoms with Crippen molar-refractivity contribution < 1.29 is 23.0 Å². The Kier molecular flexibility index (Phi) is 2.72. The number of rotatable bonds is 1. The number of hydrogen-bond acceptors (Lipinski definition) is 5. The van der Waals surface area contributed by atoms with E-state index < -0.39 is 21.2 Å². The minimum absolute atomic E-state index is 0.118. The fourth-order valence-electron chi connectivity index (χ4n) is 1.85. The van der Waals surface area contributed by atoms with E-state index in [1.165, 1.54) is 0 Å². The zero-order chi connectivity index (χ0) is 12.6. The summed E-state index contributed by atoms with van der Waals surface area (Å²) >= 11 is 0. The highest BCUT2D eigenvalue weighted by Crippen LogP contribution is 2.23. The molecule has 2 N–H and O–H groups in total. The smallest absolute Gasteiger partial charge is 0.275 e. The molecule has 1 aromatic carbocycles. The molecule has 90 valence electrons. The van der Waals surface area contributed by atoms with E-state index in [0.29, 0.717) is 11.1 Å². The second-order valence-electron chi connectivity index (χ2n) is 3.68. The molecule has 0 heterocycles. The highest BCUT2D eigenvalue weighted by atomic mass is 32.2. The average molecular weight is 255 g/mol. The Morgan fingerprint density at radius 1 is 1.29 bits per heavy atom. The zero-order valence-electron chi connectivity index (χ0n) is 8.57. The summed E-state index contributed by atoms with van der Waals surface area (Å²) < 4.78 is 31.1. The van der Waals surface area contributed by atoms with Crippen molar-refractivity contribution in [1.29, 1.82) is 0 Å². The molecule has 1 atom stereocenters. The molecular formula is C10H9NO5S. The van der Waals surface area contributed by atoms with Gasteiger partial charge in [-0.25, -0.2) is 0 Å². The Morgan fingerprint density at radius 2 is 1.94 bits per heavy atom. The van der Waals surface area contributed by atoms with Crippen LogP contribution in [0, 0.1) is 0 Å². The SMILES string of the molecule is O=C1C(=NO)c2ccccc2CC1S(=O)(=O)O. The lowest BCUT2D eigenvalue weighted by atomic mass is 9.89. The Morgan fingerprint density at radius 3 is 2.53 bits per heavy atom. The molecule has 0 aliphatic heterocycles. The molecule has 0 radical (unpaired) electrons. The number of hydrogen-bond donors (Lipinski definition) is 2. The minimum atomic E-state index is -4.50. The summed E-state index contributed by atoms with van der Waals surface area (Å²) in [4.78, 5) is 11.7. The minimum Gasteiger partial charge on any atom is -0.410 e. The molecule has 2 rings (SSSR count). The van der Waals surface area contributed by atoms with Crippen LogP contribution in [0.4, 0.5) is 0 Å².